The van der Waals surface area contributed by atoms with E-state index in [1.165, 1.54) is 0 Å². The van der Waals surface area contributed by atoms with E-state index in [4.69, 9.17) is 10.1 Å². The predicted octanol–water partition coefficient (Wildman–Crippen LogP) is 5.41. The fraction of sp³-hybridized carbons (Fsp3) is 0.462. The Labute approximate surface area is 185 Å². The molecule has 0 unspecified atom stereocenters. The van der Waals surface area contributed by atoms with Crippen molar-refractivity contribution in [2.45, 2.75) is 65.8 Å². The first-order valence-electron chi connectivity index (χ1n) is 10.8. The van der Waals surface area contributed by atoms with Gasteiger partial charge in [0.15, 0.2) is 5.78 Å². The van der Waals surface area contributed by atoms with Crippen LogP contribution in [0.4, 0.5) is 0 Å². The van der Waals surface area contributed by atoms with Crippen LogP contribution in [0.5, 0.6) is 11.5 Å². The fourth-order valence-electron chi connectivity index (χ4n) is 4.02. The van der Waals surface area contributed by atoms with E-state index in [1.807, 2.05) is 78.8 Å². The molecule has 0 bridgehead atoms. The number of ketones is 1. The largest absolute Gasteiger partial charge is 0.507 e. The predicted molar refractivity (Wildman–Crippen MR) is 125 cm³/mol. The van der Waals surface area contributed by atoms with Crippen LogP contribution in [-0.2, 0) is 17.4 Å². The Morgan fingerprint density at radius 1 is 1.10 bits per heavy atom. The van der Waals surface area contributed by atoms with Gasteiger partial charge in [-0.05, 0) is 36.0 Å². The van der Waals surface area contributed by atoms with E-state index in [9.17, 15) is 9.90 Å². The highest BCUT2D eigenvalue weighted by atomic mass is 16.5. The highest BCUT2D eigenvalue weighted by molar-refractivity contribution is 6.05. The maximum atomic E-state index is 13.3. The SMILES string of the molecule is CCOc1cccc2c1CN(CC(=O)c1cc(C(C)(C)C)c(O)c(C(C)(C)C)c1)C2=N. The fourth-order valence-corrected chi connectivity index (χ4v) is 4.02. The van der Waals surface area contributed by atoms with Gasteiger partial charge >= 0.3 is 0 Å². The Kier molecular flexibility index (Phi) is 5.92. The molecule has 5 nitrogen and oxygen atoms in total. The van der Waals surface area contributed by atoms with E-state index < -0.39 is 0 Å². The standard InChI is InChI=1S/C26H34N2O3/c1-8-31-22-11-9-10-17-18(22)14-28(24(17)27)15-21(29)16-12-19(25(2,3)4)23(30)20(13-16)26(5,6)7/h9-13,27,30H,8,14-15H2,1-7H3. The third kappa shape index (κ3) is 4.46. The summed E-state index contributed by atoms with van der Waals surface area (Å²) in [7, 11) is 0. The lowest BCUT2D eigenvalue weighted by Crippen LogP contribution is -2.30. The van der Waals surface area contributed by atoms with E-state index in [-0.39, 0.29) is 28.9 Å². The molecule has 0 spiro atoms. The molecule has 0 saturated carbocycles. The number of benzene rings is 2. The maximum Gasteiger partial charge on any atom is 0.182 e. The van der Waals surface area contributed by atoms with Crippen molar-refractivity contribution in [3.05, 3.63) is 58.1 Å². The third-order valence-corrected chi connectivity index (χ3v) is 5.74. The minimum absolute atomic E-state index is 0.0634. The number of phenolic OH excluding ortho intramolecular Hbond substituents is 1. The van der Waals surface area contributed by atoms with Crippen molar-refractivity contribution in [1.82, 2.24) is 4.90 Å². The summed E-state index contributed by atoms with van der Waals surface area (Å²) in [5.41, 5.74) is 3.27. The molecule has 0 radical (unpaired) electrons. The van der Waals surface area contributed by atoms with Crippen LogP contribution in [0.2, 0.25) is 0 Å². The molecule has 1 aliphatic heterocycles. The van der Waals surface area contributed by atoms with Crippen molar-refractivity contribution in [2.75, 3.05) is 13.2 Å². The number of rotatable bonds is 5. The van der Waals surface area contributed by atoms with Crippen LogP contribution in [0.15, 0.2) is 30.3 Å². The zero-order valence-electron chi connectivity index (χ0n) is 19.7. The smallest absolute Gasteiger partial charge is 0.182 e. The molecule has 5 heteroatoms. The molecule has 0 amide bonds. The first-order valence-corrected chi connectivity index (χ1v) is 10.8. The first kappa shape index (κ1) is 22.9. The molecule has 0 aliphatic carbocycles. The van der Waals surface area contributed by atoms with E-state index in [0.29, 0.717) is 24.6 Å². The van der Waals surface area contributed by atoms with Gasteiger partial charge in [-0.15, -0.1) is 0 Å². The van der Waals surface area contributed by atoms with Crippen molar-refractivity contribution in [3.63, 3.8) is 0 Å². The Hall–Kier alpha value is -2.82. The number of carbonyl (C=O) groups excluding carboxylic acids is 1. The number of aromatic hydroxyl groups is 1. The molecule has 0 aromatic heterocycles. The second kappa shape index (κ2) is 8.03. The van der Waals surface area contributed by atoms with Crippen molar-refractivity contribution in [3.8, 4) is 11.5 Å². The normalized spacial score (nSPS) is 14.0. The molecular formula is C26H34N2O3. The van der Waals surface area contributed by atoms with Crippen LogP contribution >= 0.6 is 0 Å². The zero-order valence-corrected chi connectivity index (χ0v) is 19.7. The van der Waals surface area contributed by atoms with Crippen molar-refractivity contribution in [2.24, 2.45) is 0 Å². The number of hydrogen-bond acceptors (Lipinski definition) is 4. The molecule has 3 rings (SSSR count). The van der Waals surface area contributed by atoms with Gasteiger partial charge < -0.3 is 14.7 Å². The van der Waals surface area contributed by atoms with Gasteiger partial charge in [0.25, 0.3) is 0 Å². The summed E-state index contributed by atoms with van der Waals surface area (Å²) in [6, 6.07) is 9.32. The topological polar surface area (TPSA) is 73.6 Å². The number of fused-ring (bicyclic) bond motifs is 1. The minimum atomic E-state index is -0.302. The summed E-state index contributed by atoms with van der Waals surface area (Å²) in [6.45, 7) is 15.3. The number of hydrogen-bond donors (Lipinski definition) is 2. The number of ether oxygens (including phenoxy) is 1. The van der Waals surface area contributed by atoms with Crippen molar-refractivity contribution in [1.29, 1.82) is 5.41 Å². The molecule has 0 fully saturated rings. The summed E-state index contributed by atoms with van der Waals surface area (Å²) < 4.78 is 5.72. The lowest BCUT2D eigenvalue weighted by molar-refractivity contribution is 0.0962. The average Bonchev–Trinajstić information content (AvgIpc) is 2.97. The minimum Gasteiger partial charge on any atom is -0.507 e. The average molecular weight is 423 g/mol. The van der Waals surface area contributed by atoms with E-state index in [2.05, 4.69) is 0 Å². The van der Waals surface area contributed by atoms with Gasteiger partial charge in [0.05, 0.1) is 13.2 Å². The van der Waals surface area contributed by atoms with Crippen LogP contribution in [-0.4, -0.2) is 34.8 Å². The second-order valence-electron chi connectivity index (χ2n) is 10.3. The van der Waals surface area contributed by atoms with Crippen LogP contribution in [0.25, 0.3) is 0 Å². The quantitative estimate of drug-likeness (QED) is 0.632. The molecule has 31 heavy (non-hydrogen) atoms. The molecule has 0 atom stereocenters. The summed E-state index contributed by atoms with van der Waals surface area (Å²) in [5.74, 6) is 1.32. The van der Waals surface area contributed by atoms with E-state index >= 15 is 0 Å². The molecule has 2 aromatic carbocycles. The maximum absolute atomic E-state index is 13.3. The lowest BCUT2D eigenvalue weighted by atomic mass is 9.78. The van der Waals surface area contributed by atoms with E-state index in [0.717, 1.165) is 28.0 Å². The second-order valence-corrected chi connectivity index (χ2v) is 10.3. The molecule has 2 aromatic rings. The van der Waals surface area contributed by atoms with Gasteiger partial charge in [0.1, 0.15) is 17.3 Å². The lowest BCUT2D eigenvalue weighted by Gasteiger charge is -2.28. The molecule has 1 heterocycles. The number of phenols is 1. The summed E-state index contributed by atoms with van der Waals surface area (Å²) in [6.07, 6.45) is 0. The molecule has 2 N–H and O–H groups in total. The number of Topliss-reactive ketones (excluding diaryl/α,β-unsaturated/α-hetero) is 1. The van der Waals surface area contributed by atoms with Crippen LogP contribution in [0.3, 0.4) is 0 Å². The number of nitrogens with zero attached hydrogens (tertiary/aromatic N) is 1. The van der Waals surface area contributed by atoms with Crippen LogP contribution in [0.1, 0.15) is 81.1 Å². The van der Waals surface area contributed by atoms with Crippen LogP contribution < -0.4 is 4.74 Å². The Morgan fingerprint density at radius 3 is 2.19 bits per heavy atom. The first-order chi connectivity index (χ1) is 14.3. The Morgan fingerprint density at radius 2 is 1.68 bits per heavy atom. The van der Waals surface area contributed by atoms with Gasteiger partial charge in [-0.1, -0.05) is 53.7 Å². The van der Waals surface area contributed by atoms with Crippen LogP contribution in [0, 0.1) is 5.41 Å². The summed E-state index contributed by atoms with van der Waals surface area (Å²) in [5, 5.41) is 19.5. The molecule has 166 valence electrons. The monoisotopic (exact) mass is 422 g/mol. The van der Waals surface area contributed by atoms with Crippen molar-refractivity contribution < 1.29 is 14.6 Å². The van der Waals surface area contributed by atoms with Gasteiger partial charge in [-0.2, -0.15) is 0 Å². The molecular weight excluding hydrogens is 388 g/mol. The Balaban J connectivity index is 1.94. The number of amidine groups is 1. The zero-order chi connectivity index (χ0) is 23.1. The van der Waals surface area contributed by atoms with Gasteiger partial charge in [-0.25, -0.2) is 0 Å². The summed E-state index contributed by atoms with van der Waals surface area (Å²) in [4.78, 5) is 15.1. The van der Waals surface area contributed by atoms with Crippen molar-refractivity contribution >= 4 is 11.6 Å². The van der Waals surface area contributed by atoms with Gasteiger partial charge in [-0.3, -0.25) is 10.2 Å². The van der Waals surface area contributed by atoms with E-state index in [1.54, 1.807) is 4.90 Å². The van der Waals surface area contributed by atoms with Gasteiger partial charge in [0, 0.05) is 34.4 Å². The molecule has 0 saturated heterocycles. The summed E-state index contributed by atoms with van der Waals surface area (Å²) >= 11 is 0. The number of carbonyl (C=O) groups is 1. The molecule has 1 aliphatic rings. The highest BCUT2D eigenvalue weighted by Crippen LogP contribution is 2.40. The Bertz CT molecular complexity index is 991. The third-order valence-electron chi connectivity index (χ3n) is 5.74. The highest BCUT2D eigenvalue weighted by Gasteiger charge is 2.31. The number of nitrogens with one attached hydrogen (secondary N) is 1. The van der Waals surface area contributed by atoms with Gasteiger partial charge in [0.2, 0.25) is 0 Å².